The molecule has 0 amide bonds. The van der Waals surface area contributed by atoms with E-state index < -0.39 is 0 Å². The Hall–Kier alpha value is -1.22. The number of aryl methyl sites for hydroxylation is 1. The number of nitrogens with two attached hydrogens (primary N) is 1. The Bertz CT molecular complexity index is 347. The highest BCUT2D eigenvalue weighted by Crippen LogP contribution is 2.22. The topological polar surface area (TPSA) is 32.5 Å². The molecule has 0 saturated heterocycles. The van der Waals surface area contributed by atoms with Crippen LogP contribution in [0.3, 0.4) is 0 Å². The molecule has 0 unspecified atom stereocenters. The maximum absolute atomic E-state index is 5.78. The smallest absolute Gasteiger partial charge is 0.0397 e. The van der Waals surface area contributed by atoms with Crippen molar-refractivity contribution in [1.29, 1.82) is 0 Å². The van der Waals surface area contributed by atoms with E-state index in [2.05, 4.69) is 43.8 Å². The zero-order valence-corrected chi connectivity index (χ0v) is 11.5. The van der Waals surface area contributed by atoms with E-state index in [1.165, 1.54) is 17.7 Å². The average Bonchev–Trinajstić information content (AvgIpc) is 2.25. The Labute approximate surface area is 105 Å². The molecule has 1 aromatic rings. The molecular formula is C14H25N3. The fraction of sp³-hybridized carbons (Fsp3) is 0.571. The quantitative estimate of drug-likeness (QED) is 0.768. The molecule has 2 N–H and O–H groups in total. The van der Waals surface area contributed by atoms with Crippen LogP contribution in [-0.2, 0) is 0 Å². The zero-order chi connectivity index (χ0) is 12.8. The molecule has 0 spiro atoms. The molecule has 3 nitrogen and oxygen atoms in total. The summed E-state index contributed by atoms with van der Waals surface area (Å²) < 4.78 is 0. The lowest BCUT2D eigenvalue weighted by Crippen LogP contribution is -2.27. The second-order valence-corrected chi connectivity index (χ2v) is 4.78. The molecule has 0 aliphatic rings. The van der Waals surface area contributed by atoms with Crippen molar-refractivity contribution in [2.75, 3.05) is 44.4 Å². The molecule has 0 atom stereocenters. The third-order valence-corrected chi connectivity index (χ3v) is 2.98. The maximum Gasteiger partial charge on any atom is 0.0397 e. The summed E-state index contributed by atoms with van der Waals surface area (Å²) in [5.74, 6) is 0. The number of benzene rings is 1. The van der Waals surface area contributed by atoms with Gasteiger partial charge in [0, 0.05) is 24.5 Å². The van der Waals surface area contributed by atoms with Crippen LogP contribution in [0.5, 0.6) is 0 Å². The van der Waals surface area contributed by atoms with Crippen LogP contribution in [-0.4, -0.2) is 38.6 Å². The highest BCUT2D eigenvalue weighted by molar-refractivity contribution is 5.59. The lowest BCUT2D eigenvalue weighted by molar-refractivity contribution is 0.400. The van der Waals surface area contributed by atoms with E-state index in [4.69, 9.17) is 5.73 Å². The Morgan fingerprint density at radius 2 is 1.88 bits per heavy atom. The van der Waals surface area contributed by atoms with Crippen LogP contribution < -0.4 is 10.6 Å². The number of anilines is 2. The van der Waals surface area contributed by atoms with Gasteiger partial charge in [-0.05, 0) is 64.7 Å². The molecular weight excluding hydrogens is 210 g/mol. The van der Waals surface area contributed by atoms with Crippen molar-refractivity contribution >= 4 is 11.4 Å². The number of nitrogen functional groups attached to an aromatic ring is 1. The van der Waals surface area contributed by atoms with Crippen LogP contribution >= 0.6 is 0 Å². The normalized spacial score (nSPS) is 10.9. The minimum absolute atomic E-state index is 0.843. The van der Waals surface area contributed by atoms with E-state index in [0.717, 1.165) is 25.3 Å². The van der Waals surface area contributed by atoms with Gasteiger partial charge in [-0.25, -0.2) is 0 Å². The Kier molecular flexibility index (Phi) is 5.29. The van der Waals surface area contributed by atoms with Crippen LogP contribution in [0.4, 0.5) is 11.4 Å². The second-order valence-electron chi connectivity index (χ2n) is 4.78. The van der Waals surface area contributed by atoms with Crippen LogP contribution in [0.2, 0.25) is 0 Å². The highest BCUT2D eigenvalue weighted by atomic mass is 15.1. The summed E-state index contributed by atoms with van der Waals surface area (Å²) in [4.78, 5) is 4.64. The first-order valence-corrected chi connectivity index (χ1v) is 6.30. The average molecular weight is 235 g/mol. The first kappa shape index (κ1) is 13.8. The van der Waals surface area contributed by atoms with Gasteiger partial charge in [-0.3, -0.25) is 0 Å². The Morgan fingerprint density at radius 3 is 2.41 bits per heavy atom. The van der Waals surface area contributed by atoms with Gasteiger partial charge in [0.2, 0.25) is 0 Å². The number of hydrogen-bond donors (Lipinski definition) is 1. The van der Waals surface area contributed by atoms with E-state index in [0.29, 0.717) is 0 Å². The predicted molar refractivity (Wildman–Crippen MR) is 76.6 cm³/mol. The van der Waals surface area contributed by atoms with Crippen LogP contribution in [0.25, 0.3) is 0 Å². The molecule has 0 aliphatic carbocycles. The molecule has 1 aromatic carbocycles. The monoisotopic (exact) mass is 235 g/mol. The van der Waals surface area contributed by atoms with Gasteiger partial charge in [0.15, 0.2) is 0 Å². The molecule has 17 heavy (non-hydrogen) atoms. The summed E-state index contributed by atoms with van der Waals surface area (Å²) in [6.07, 6.45) is 1.19. The molecule has 96 valence electrons. The third-order valence-electron chi connectivity index (χ3n) is 2.98. The molecule has 0 bridgehead atoms. The van der Waals surface area contributed by atoms with Crippen molar-refractivity contribution < 1.29 is 0 Å². The van der Waals surface area contributed by atoms with E-state index >= 15 is 0 Å². The van der Waals surface area contributed by atoms with Crippen LogP contribution in [0, 0.1) is 6.92 Å². The minimum atomic E-state index is 0.843. The summed E-state index contributed by atoms with van der Waals surface area (Å²) >= 11 is 0. The van der Waals surface area contributed by atoms with Gasteiger partial charge < -0.3 is 15.5 Å². The van der Waals surface area contributed by atoms with Crippen molar-refractivity contribution in [3.63, 3.8) is 0 Å². The predicted octanol–water partition coefficient (Wildman–Crippen LogP) is 2.36. The molecule has 0 aliphatic heterocycles. The highest BCUT2D eigenvalue weighted by Gasteiger charge is 2.07. The lowest BCUT2D eigenvalue weighted by Gasteiger charge is -2.25. The SMILES string of the molecule is CCN(CCCN(C)C)c1ccc(N)cc1C. The molecule has 0 aromatic heterocycles. The van der Waals surface area contributed by atoms with Gasteiger partial charge in [0.25, 0.3) is 0 Å². The van der Waals surface area contributed by atoms with Gasteiger partial charge >= 0.3 is 0 Å². The summed E-state index contributed by atoms with van der Waals surface area (Å²) in [5.41, 5.74) is 9.19. The summed E-state index contributed by atoms with van der Waals surface area (Å²) in [5, 5.41) is 0. The summed E-state index contributed by atoms with van der Waals surface area (Å²) in [7, 11) is 4.23. The van der Waals surface area contributed by atoms with Crippen molar-refractivity contribution in [3.8, 4) is 0 Å². The molecule has 1 rings (SSSR count). The number of rotatable bonds is 6. The molecule has 0 heterocycles. The maximum atomic E-state index is 5.78. The van der Waals surface area contributed by atoms with E-state index in [-0.39, 0.29) is 0 Å². The lowest BCUT2D eigenvalue weighted by atomic mass is 10.1. The van der Waals surface area contributed by atoms with Gasteiger partial charge in [-0.2, -0.15) is 0 Å². The largest absolute Gasteiger partial charge is 0.399 e. The zero-order valence-electron chi connectivity index (χ0n) is 11.5. The third kappa shape index (κ3) is 4.27. The van der Waals surface area contributed by atoms with Gasteiger partial charge in [0.05, 0.1) is 0 Å². The van der Waals surface area contributed by atoms with Crippen LogP contribution in [0.15, 0.2) is 18.2 Å². The van der Waals surface area contributed by atoms with Gasteiger partial charge in [0.1, 0.15) is 0 Å². The standard InChI is InChI=1S/C14H25N3/c1-5-17(10-6-9-16(3)4)14-8-7-13(15)11-12(14)2/h7-8,11H,5-6,9-10,15H2,1-4H3. The molecule has 0 fully saturated rings. The van der Waals surface area contributed by atoms with Gasteiger partial charge in [-0.15, -0.1) is 0 Å². The van der Waals surface area contributed by atoms with Crippen LogP contribution in [0.1, 0.15) is 18.9 Å². The number of hydrogen-bond acceptors (Lipinski definition) is 3. The van der Waals surface area contributed by atoms with Crippen molar-refractivity contribution in [2.24, 2.45) is 0 Å². The summed E-state index contributed by atoms with van der Waals surface area (Å²) in [6.45, 7) is 7.59. The number of nitrogens with zero attached hydrogens (tertiary/aromatic N) is 2. The Morgan fingerprint density at radius 1 is 1.18 bits per heavy atom. The first-order chi connectivity index (χ1) is 8.04. The molecule has 0 saturated carbocycles. The van der Waals surface area contributed by atoms with Gasteiger partial charge in [-0.1, -0.05) is 0 Å². The first-order valence-electron chi connectivity index (χ1n) is 6.30. The van der Waals surface area contributed by atoms with E-state index in [1.54, 1.807) is 0 Å². The van der Waals surface area contributed by atoms with Crippen molar-refractivity contribution in [2.45, 2.75) is 20.3 Å². The minimum Gasteiger partial charge on any atom is -0.399 e. The van der Waals surface area contributed by atoms with E-state index in [9.17, 15) is 0 Å². The van der Waals surface area contributed by atoms with E-state index in [1.807, 2.05) is 12.1 Å². The van der Waals surface area contributed by atoms with Crippen molar-refractivity contribution in [3.05, 3.63) is 23.8 Å². The molecule has 3 heteroatoms. The van der Waals surface area contributed by atoms with Crippen molar-refractivity contribution in [1.82, 2.24) is 4.90 Å². The summed E-state index contributed by atoms with van der Waals surface area (Å²) in [6, 6.07) is 6.16. The fourth-order valence-electron chi connectivity index (χ4n) is 2.06. The molecule has 0 radical (unpaired) electrons. The second kappa shape index (κ2) is 6.50. The Balaban J connectivity index is 2.66. The fourth-order valence-corrected chi connectivity index (χ4v) is 2.06.